The van der Waals surface area contributed by atoms with Gasteiger partial charge in [0.2, 0.25) is 0 Å². The molecule has 0 amide bonds. The number of para-hydroxylation sites is 1. The van der Waals surface area contributed by atoms with Crippen molar-refractivity contribution >= 4 is 26.8 Å². The van der Waals surface area contributed by atoms with E-state index in [-0.39, 0.29) is 0 Å². The van der Waals surface area contributed by atoms with Gasteiger partial charge in [-0.15, -0.1) is 0 Å². The van der Waals surface area contributed by atoms with Crippen molar-refractivity contribution in [2.24, 2.45) is 0 Å². The molecule has 17 heavy (non-hydrogen) atoms. The molecule has 0 aliphatic carbocycles. The topological polar surface area (TPSA) is 12.9 Å². The number of pyridine rings is 1. The number of rotatable bonds is 1. The summed E-state index contributed by atoms with van der Waals surface area (Å²) >= 11 is 3.54. The van der Waals surface area contributed by atoms with Crippen LogP contribution < -0.4 is 0 Å². The summed E-state index contributed by atoms with van der Waals surface area (Å²) in [7, 11) is 0. The Morgan fingerprint density at radius 2 is 1.65 bits per heavy atom. The average molecular weight is 284 g/mol. The van der Waals surface area contributed by atoms with Gasteiger partial charge in [0.1, 0.15) is 0 Å². The fraction of sp³-hybridized carbons (Fsp3) is 0. The molecule has 2 heteroatoms. The third kappa shape index (κ3) is 1.85. The number of halogens is 1. The molecule has 0 atom stereocenters. The molecule has 1 nitrogen and oxygen atoms in total. The summed E-state index contributed by atoms with van der Waals surface area (Å²) in [5.74, 6) is 0. The number of hydrogen-bond acceptors (Lipinski definition) is 1. The van der Waals surface area contributed by atoms with Gasteiger partial charge < -0.3 is 0 Å². The van der Waals surface area contributed by atoms with Crippen molar-refractivity contribution < 1.29 is 0 Å². The van der Waals surface area contributed by atoms with Crippen molar-refractivity contribution in [2.45, 2.75) is 0 Å². The normalized spacial score (nSPS) is 10.6. The third-order valence-corrected chi connectivity index (χ3v) is 3.45. The van der Waals surface area contributed by atoms with Crippen molar-refractivity contribution in [3.05, 3.63) is 65.3 Å². The van der Waals surface area contributed by atoms with Crippen LogP contribution in [0, 0.1) is 0 Å². The molecular formula is C15H10BrN. The molecule has 0 fully saturated rings. The van der Waals surface area contributed by atoms with Crippen molar-refractivity contribution in [3.63, 3.8) is 0 Å². The first-order valence-corrected chi connectivity index (χ1v) is 6.24. The van der Waals surface area contributed by atoms with Crippen LogP contribution in [0.2, 0.25) is 0 Å². The molecule has 1 aromatic heterocycles. The van der Waals surface area contributed by atoms with E-state index in [0.717, 1.165) is 9.99 Å². The standard InChI is InChI=1S/C15H10BrN/c16-14-8-4-7-13-12(9-10-17-15(13)14)11-5-2-1-3-6-11/h1-10H. The van der Waals surface area contributed by atoms with Gasteiger partial charge in [0.15, 0.2) is 0 Å². The van der Waals surface area contributed by atoms with Crippen LogP contribution in [-0.2, 0) is 0 Å². The maximum absolute atomic E-state index is 4.42. The van der Waals surface area contributed by atoms with E-state index in [1.54, 1.807) is 0 Å². The predicted octanol–water partition coefficient (Wildman–Crippen LogP) is 4.66. The minimum Gasteiger partial charge on any atom is -0.255 e. The molecule has 0 saturated heterocycles. The molecule has 0 aliphatic heterocycles. The molecule has 82 valence electrons. The van der Waals surface area contributed by atoms with E-state index in [9.17, 15) is 0 Å². The fourth-order valence-electron chi connectivity index (χ4n) is 2.01. The van der Waals surface area contributed by atoms with Crippen molar-refractivity contribution in [3.8, 4) is 11.1 Å². The Kier molecular flexibility index (Phi) is 2.65. The Morgan fingerprint density at radius 3 is 2.47 bits per heavy atom. The molecule has 3 aromatic rings. The number of hydrogen-bond donors (Lipinski definition) is 0. The van der Waals surface area contributed by atoms with Crippen LogP contribution in [-0.4, -0.2) is 4.98 Å². The highest BCUT2D eigenvalue weighted by molar-refractivity contribution is 9.10. The molecule has 1 heterocycles. The summed E-state index contributed by atoms with van der Waals surface area (Å²) in [4.78, 5) is 4.42. The Balaban J connectivity index is 2.35. The van der Waals surface area contributed by atoms with Crippen LogP contribution in [0.15, 0.2) is 65.3 Å². The van der Waals surface area contributed by atoms with E-state index >= 15 is 0 Å². The lowest BCUT2D eigenvalue weighted by Gasteiger charge is -2.06. The second kappa shape index (κ2) is 4.30. The molecule has 0 N–H and O–H groups in total. The van der Waals surface area contributed by atoms with Gasteiger partial charge in [-0.25, -0.2) is 0 Å². The molecule has 0 radical (unpaired) electrons. The zero-order valence-corrected chi connectivity index (χ0v) is 10.7. The highest BCUT2D eigenvalue weighted by Crippen LogP contribution is 2.30. The van der Waals surface area contributed by atoms with Gasteiger partial charge in [-0.05, 0) is 39.2 Å². The third-order valence-electron chi connectivity index (χ3n) is 2.81. The molecule has 0 unspecified atom stereocenters. The van der Waals surface area contributed by atoms with Crippen LogP contribution in [0.3, 0.4) is 0 Å². The Labute approximate surface area is 108 Å². The number of nitrogens with zero attached hydrogens (tertiary/aromatic N) is 1. The lowest BCUT2D eigenvalue weighted by Crippen LogP contribution is -1.84. The van der Waals surface area contributed by atoms with E-state index in [4.69, 9.17) is 0 Å². The minimum absolute atomic E-state index is 1.01. The Morgan fingerprint density at radius 1 is 0.824 bits per heavy atom. The van der Waals surface area contributed by atoms with E-state index < -0.39 is 0 Å². The van der Waals surface area contributed by atoms with Crippen molar-refractivity contribution in [2.75, 3.05) is 0 Å². The maximum Gasteiger partial charge on any atom is 0.0850 e. The van der Waals surface area contributed by atoms with Gasteiger partial charge >= 0.3 is 0 Å². The van der Waals surface area contributed by atoms with Gasteiger partial charge in [0.25, 0.3) is 0 Å². The molecule has 0 bridgehead atoms. The summed E-state index contributed by atoms with van der Waals surface area (Å²) in [5, 5.41) is 1.17. The average Bonchev–Trinajstić information content (AvgIpc) is 2.40. The number of fused-ring (bicyclic) bond motifs is 1. The molecule has 0 spiro atoms. The lowest BCUT2D eigenvalue weighted by molar-refractivity contribution is 1.40. The highest BCUT2D eigenvalue weighted by atomic mass is 79.9. The van der Waals surface area contributed by atoms with Crippen LogP contribution in [0.4, 0.5) is 0 Å². The SMILES string of the molecule is Brc1cccc2c(-c3ccccc3)ccnc12. The second-order valence-electron chi connectivity index (χ2n) is 3.86. The van der Waals surface area contributed by atoms with E-state index in [0.29, 0.717) is 0 Å². The van der Waals surface area contributed by atoms with Crippen LogP contribution >= 0.6 is 15.9 Å². The fourth-order valence-corrected chi connectivity index (χ4v) is 2.48. The molecular weight excluding hydrogens is 274 g/mol. The van der Waals surface area contributed by atoms with Crippen LogP contribution in [0.25, 0.3) is 22.0 Å². The van der Waals surface area contributed by atoms with E-state index in [1.165, 1.54) is 16.5 Å². The lowest BCUT2D eigenvalue weighted by atomic mass is 10.0. The number of aromatic nitrogens is 1. The summed E-state index contributed by atoms with van der Waals surface area (Å²) in [6, 6.07) is 18.6. The van der Waals surface area contributed by atoms with Gasteiger partial charge in [0.05, 0.1) is 5.52 Å². The zero-order chi connectivity index (χ0) is 11.7. The maximum atomic E-state index is 4.42. The van der Waals surface area contributed by atoms with E-state index in [1.807, 2.05) is 24.4 Å². The van der Waals surface area contributed by atoms with Crippen LogP contribution in [0.1, 0.15) is 0 Å². The van der Waals surface area contributed by atoms with Crippen molar-refractivity contribution in [1.29, 1.82) is 0 Å². The Hall–Kier alpha value is -1.67. The highest BCUT2D eigenvalue weighted by Gasteiger charge is 2.05. The minimum atomic E-state index is 1.01. The summed E-state index contributed by atoms with van der Waals surface area (Å²) in [6.45, 7) is 0. The number of benzene rings is 2. The smallest absolute Gasteiger partial charge is 0.0850 e. The van der Waals surface area contributed by atoms with Gasteiger partial charge in [-0.2, -0.15) is 0 Å². The van der Waals surface area contributed by atoms with Crippen LogP contribution in [0.5, 0.6) is 0 Å². The van der Waals surface area contributed by atoms with Gasteiger partial charge in [-0.3, -0.25) is 4.98 Å². The quantitative estimate of drug-likeness (QED) is 0.633. The first-order valence-electron chi connectivity index (χ1n) is 5.45. The van der Waals surface area contributed by atoms with E-state index in [2.05, 4.69) is 57.3 Å². The van der Waals surface area contributed by atoms with Crippen molar-refractivity contribution in [1.82, 2.24) is 4.98 Å². The monoisotopic (exact) mass is 283 g/mol. The predicted molar refractivity (Wildman–Crippen MR) is 74.9 cm³/mol. The molecule has 0 saturated carbocycles. The first kappa shape index (κ1) is 10.5. The zero-order valence-electron chi connectivity index (χ0n) is 9.10. The summed E-state index contributed by atoms with van der Waals surface area (Å²) in [6.07, 6.45) is 1.86. The summed E-state index contributed by atoms with van der Waals surface area (Å²) < 4.78 is 1.03. The molecule has 0 aliphatic rings. The van der Waals surface area contributed by atoms with Gasteiger partial charge in [0, 0.05) is 16.1 Å². The first-order chi connectivity index (χ1) is 8.36. The largest absolute Gasteiger partial charge is 0.255 e. The van der Waals surface area contributed by atoms with Gasteiger partial charge in [-0.1, -0.05) is 42.5 Å². The molecule has 3 rings (SSSR count). The summed E-state index contributed by atoms with van der Waals surface area (Å²) in [5.41, 5.74) is 3.45. The Bertz CT molecular complexity index is 662. The second-order valence-corrected chi connectivity index (χ2v) is 4.71. The molecule has 2 aromatic carbocycles.